The van der Waals surface area contributed by atoms with Gasteiger partial charge in [-0.3, -0.25) is 0 Å². The molecule has 2 heteroatoms. The van der Waals surface area contributed by atoms with Crippen LogP contribution in [-0.4, -0.2) is 0 Å². The van der Waals surface area contributed by atoms with Crippen LogP contribution < -0.4 is 9.13 Å². The second-order valence-electron chi connectivity index (χ2n) is 7.56. The van der Waals surface area contributed by atoms with Gasteiger partial charge in [-0.1, -0.05) is 44.2 Å². The van der Waals surface area contributed by atoms with Crippen LogP contribution in [0.25, 0.3) is 22.5 Å². The molecule has 2 aromatic heterocycles. The van der Waals surface area contributed by atoms with Crippen LogP contribution in [0.3, 0.4) is 0 Å². The number of aryl methyl sites for hydroxylation is 1. The summed E-state index contributed by atoms with van der Waals surface area (Å²) < 4.78 is 4.95. The fourth-order valence-electron chi connectivity index (χ4n) is 5.16. The molecule has 2 aliphatic heterocycles. The molecule has 1 unspecified atom stereocenters. The van der Waals surface area contributed by atoms with Crippen LogP contribution in [-0.2, 0) is 12.1 Å². The van der Waals surface area contributed by atoms with Gasteiger partial charge >= 0.3 is 5.66 Å². The zero-order chi connectivity index (χ0) is 20.0. The summed E-state index contributed by atoms with van der Waals surface area (Å²) in [5.74, 6) is 0. The summed E-state index contributed by atoms with van der Waals surface area (Å²) in [6, 6.07) is 28.7. The third-order valence-corrected chi connectivity index (χ3v) is 6.20. The maximum Gasteiger partial charge on any atom is 0.393 e. The monoisotopic (exact) mass is 378 g/mol. The molecule has 0 radical (unpaired) electrons. The van der Waals surface area contributed by atoms with E-state index >= 15 is 0 Å². The molecule has 0 N–H and O–H groups in total. The van der Waals surface area contributed by atoms with E-state index in [9.17, 15) is 0 Å². The highest BCUT2D eigenvalue weighted by Crippen LogP contribution is 2.42. The SMILES string of the molecule is CC.Cc1cccc2c1-c1cccc[n+]1C1(C2)c2ccccc2-c2cccc[n+]21. The van der Waals surface area contributed by atoms with Crippen molar-refractivity contribution in [3.05, 3.63) is 108 Å². The third-order valence-electron chi connectivity index (χ3n) is 6.20. The molecule has 4 aromatic rings. The van der Waals surface area contributed by atoms with Gasteiger partial charge in [-0.2, -0.15) is 0 Å². The Balaban J connectivity index is 0.000000882. The summed E-state index contributed by atoms with van der Waals surface area (Å²) >= 11 is 0. The average molecular weight is 379 g/mol. The van der Waals surface area contributed by atoms with E-state index in [-0.39, 0.29) is 5.66 Å². The minimum atomic E-state index is -0.259. The van der Waals surface area contributed by atoms with Crippen molar-refractivity contribution in [3.8, 4) is 22.5 Å². The molecular weight excluding hydrogens is 352 g/mol. The molecule has 2 nitrogen and oxygen atoms in total. The summed E-state index contributed by atoms with van der Waals surface area (Å²) in [5.41, 5.74) is 9.16. The highest BCUT2D eigenvalue weighted by atomic mass is 15.3. The number of aromatic nitrogens is 2. The number of hydrogen-bond donors (Lipinski definition) is 0. The van der Waals surface area contributed by atoms with Gasteiger partial charge in [0.15, 0.2) is 12.4 Å². The Morgan fingerprint density at radius 2 is 1.34 bits per heavy atom. The number of fused-ring (bicyclic) bond motifs is 9. The molecule has 2 aliphatic rings. The van der Waals surface area contributed by atoms with Gasteiger partial charge in [0.2, 0.25) is 11.4 Å². The van der Waals surface area contributed by atoms with Gasteiger partial charge in [-0.15, -0.1) is 9.13 Å². The standard InChI is InChI=1S/C25H20N2.C2H6/c1-18-9-8-10-19-17-25(27-16-7-5-14-23(27)24(18)19)21-12-3-2-11-20(21)22-13-4-6-15-26(22)25;1-2/h2-16H,17H2,1H3;1-2H3/q+2;. The third kappa shape index (κ3) is 2.29. The van der Waals surface area contributed by atoms with Crippen LogP contribution in [0.1, 0.15) is 30.5 Å². The maximum atomic E-state index is 2.48. The van der Waals surface area contributed by atoms with Crippen molar-refractivity contribution in [2.45, 2.75) is 32.9 Å². The van der Waals surface area contributed by atoms with E-state index in [4.69, 9.17) is 0 Å². The van der Waals surface area contributed by atoms with Gasteiger partial charge in [0.1, 0.15) is 12.0 Å². The zero-order valence-electron chi connectivity index (χ0n) is 17.3. The highest BCUT2D eigenvalue weighted by Gasteiger charge is 2.62. The lowest BCUT2D eigenvalue weighted by Gasteiger charge is -2.28. The minimum absolute atomic E-state index is 0.259. The molecule has 1 atom stereocenters. The van der Waals surface area contributed by atoms with Crippen LogP contribution >= 0.6 is 0 Å². The Morgan fingerprint density at radius 1 is 0.690 bits per heavy atom. The molecule has 0 amide bonds. The number of nitrogens with zero attached hydrogens (tertiary/aromatic N) is 2. The fraction of sp³-hybridized carbons (Fsp3) is 0.185. The van der Waals surface area contributed by atoms with Crippen LogP contribution in [0.4, 0.5) is 0 Å². The van der Waals surface area contributed by atoms with E-state index in [2.05, 4.69) is 107 Å². The zero-order valence-corrected chi connectivity index (χ0v) is 17.3. The van der Waals surface area contributed by atoms with Crippen LogP contribution in [0.5, 0.6) is 0 Å². The summed E-state index contributed by atoms with van der Waals surface area (Å²) in [6.07, 6.45) is 5.43. The van der Waals surface area contributed by atoms with E-state index < -0.39 is 0 Å². The van der Waals surface area contributed by atoms with Crippen molar-refractivity contribution in [1.82, 2.24) is 0 Å². The van der Waals surface area contributed by atoms with Crippen molar-refractivity contribution in [3.63, 3.8) is 0 Å². The van der Waals surface area contributed by atoms with Gasteiger partial charge in [-0.05, 0) is 42.3 Å². The molecular formula is C27H26N2+2. The van der Waals surface area contributed by atoms with E-state index in [1.165, 1.54) is 39.2 Å². The van der Waals surface area contributed by atoms with Crippen LogP contribution in [0.15, 0.2) is 91.3 Å². The summed E-state index contributed by atoms with van der Waals surface area (Å²) in [7, 11) is 0. The van der Waals surface area contributed by atoms with Gasteiger partial charge in [0.05, 0.1) is 11.1 Å². The highest BCUT2D eigenvalue weighted by molar-refractivity contribution is 5.70. The number of rotatable bonds is 0. The van der Waals surface area contributed by atoms with Crippen molar-refractivity contribution >= 4 is 0 Å². The Bertz CT molecular complexity index is 1180. The predicted octanol–water partition coefficient (Wildman–Crippen LogP) is 5.05. The first-order chi connectivity index (χ1) is 14.3. The second kappa shape index (κ2) is 6.66. The predicted molar refractivity (Wildman–Crippen MR) is 116 cm³/mol. The lowest BCUT2D eigenvalue weighted by molar-refractivity contribution is -0.971. The molecule has 2 aromatic carbocycles. The van der Waals surface area contributed by atoms with Gasteiger partial charge < -0.3 is 0 Å². The van der Waals surface area contributed by atoms with Gasteiger partial charge in [-0.25, -0.2) is 0 Å². The van der Waals surface area contributed by atoms with Crippen molar-refractivity contribution in [2.75, 3.05) is 0 Å². The maximum absolute atomic E-state index is 2.48. The Labute approximate surface area is 172 Å². The molecule has 1 spiro atoms. The molecule has 0 fully saturated rings. The van der Waals surface area contributed by atoms with E-state index in [1.807, 2.05) is 13.8 Å². The number of benzene rings is 2. The molecule has 6 rings (SSSR count). The molecule has 0 bridgehead atoms. The van der Waals surface area contributed by atoms with E-state index in [0.717, 1.165) is 6.42 Å². The lowest BCUT2D eigenvalue weighted by Crippen LogP contribution is -2.75. The quantitative estimate of drug-likeness (QED) is 0.378. The largest absolute Gasteiger partial charge is 0.393 e. The summed E-state index contributed by atoms with van der Waals surface area (Å²) in [6.45, 7) is 6.22. The first kappa shape index (κ1) is 17.8. The van der Waals surface area contributed by atoms with Crippen molar-refractivity contribution in [2.24, 2.45) is 0 Å². The normalized spacial score (nSPS) is 17.5. The topological polar surface area (TPSA) is 7.76 Å². The summed E-state index contributed by atoms with van der Waals surface area (Å²) in [5, 5.41) is 0. The molecule has 4 heterocycles. The molecule has 0 saturated carbocycles. The first-order valence-corrected chi connectivity index (χ1v) is 10.5. The fourth-order valence-corrected chi connectivity index (χ4v) is 5.16. The molecule has 0 saturated heterocycles. The van der Waals surface area contributed by atoms with Crippen LogP contribution in [0.2, 0.25) is 0 Å². The van der Waals surface area contributed by atoms with Gasteiger partial charge in [0, 0.05) is 24.3 Å². The second-order valence-corrected chi connectivity index (χ2v) is 7.56. The van der Waals surface area contributed by atoms with Gasteiger partial charge in [0.25, 0.3) is 0 Å². The summed E-state index contributed by atoms with van der Waals surface area (Å²) in [4.78, 5) is 0. The smallest absolute Gasteiger partial charge is 0.130 e. The molecule has 29 heavy (non-hydrogen) atoms. The van der Waals surface area contributed by atoms with Crippen molar-refractivity contribution < 1.29 is 9.13 Å². The Hall–Kier alpha value is -3.26. The minimum Gasteiger partial charge on any atom is -0.130 e. The number of pyridine rings is 2. The van der Waals surface area contributed by atoms with E-state index in [0.29, 0.717) is 0 Å². The molecule has 0 aliphatic carbocycles. The molecule has 142 valence electrons. The Kier molecular flexibility index (Phi) is 4.09. The average Bonchev–Trinajstić information content (AvgIpc) is 3.06. The van der Waals surface area contributed by atoms with E-state index in [1.54, 1.807) is 0 Å². The number of hydrogen-bond acceptors (Lipinski definition) is 0. The van der Waals surface area contributed by atoms with Crippen LogP contribution in [0, 0.1) is 6.92 Å². The first-order valence-electron chi connectivity index (χ1n) is 10.5. The van der Waals surface area contributed by atoms with Crippen molar-refractivity contribution in [1.29, 1.82) is 0 Å². The Morgan fingerprint density at radius 3 is 2.14 bits per heavy atom. The lowest BCUT2D eigenvalue weighted by atomic mass is 9.82.